The van der Waals surface area contributed by atoms with Crippen molar-refractivity contribution in [2.45, 2.75) is 0 Å². The van der Waals surface area contributed by atoms with Crippen LogP contribution in [-0.4, -0.2) is 32.7 Å². The first-order valence-corrected chi connectivity index (χ1v) is 10.9. The van der Waals surface area contributed by atoms with Crippen LogP contribution in [0.3, 0.4) is 0 Å². The Morgan fingerprint density at radius 2 is 1.43 bits per heavy atom. The predicted octanol–water partition coefficient (Wildman–Crippen LogP) is -3.50. The number of piperazine rings is 1. The van der Waals surface area contributed by atoms with Crippen molar-refractivity contribution in [3.05, 3.63) is 80.9 Å². The molecule has 0 atom stereocenters. The van der Waals surface area contributed by atoms with E-state index in [0.717, 1.165) is 32.7 Å². The third-order valence-corrected chi connectivity index (χ3v) is 6.44. The van der Waals surface area contributed by atoms with Crippen LogP contribution in [0.2, 0.25) is 0 Å². The highest BCUT2D eigenvalue weighted by molar-refractivity contribution is 7.08. The van der Waals surface area contributed by atoms with Crippen LogP contribution >= 0.6 is 22.7 Å². The number of thiophene rings is 2. The van der Waals surface area contributed by atoms with Crippen molar-refractivity contribution >= 4 is 33.9 Å². The molecule has 28 heavy (non-hydrogen) atoms. The van der Waals surface area contributed by atoms with Gasteiger partial charge in [0.1, 0.15) is 37.7 Å². The second kappa shape index (κ2) is 11.1. The van der Waals surface area contributed by atoms with E-state index in [2.05, 4.69) is 39.7 Å². The van der Waals surface area contributed by atoms with Gasteiger partial charge >= 0.3 is 0 Å². The fraction of sp³-hybridized carbons (Fsp3) is 0.238. The number of halogens is 3. The van der Waals surface area contributed by atoms with Gasteiger partial charge in [-0.05, 0) is 68.6 Å². The van der Waals surface area contributed by atoms with Gasteiger partial charge in [0.05, 0.1) is 6.54 Å². The summed E-state index contributed by atoms with van der Waals surface area (Å²) in [5, 5.41) is 8.76. The zero-order valence-electron chi connectivity index (χ0n) is 15.3. The number of hydrogen-bond donors (Lipinski definition) is 2. The molecule has 0 amide bonds. The first-order chi connectivity index (χ1) is 12.8. The minimum atomic E-state index is -0.156. The third-order valence-electron chi connectivity index (χ3n) is 5.07. The van der Waals surface area contributed by atoms with Crippen LogP contribution in [0.1, 0.15) is 11.1 Å². The normalized spacial score (nSPS) is 18.6. The van der Waals surface area contributed by atoms with Crippen molar-refractivity contribution in [2.75, 3.05) is 32.7 Å². The van der Waals surface area contributed by atoms with E-state index in [1.165, 1.54) is 27.3 Å². The lowest BCUT2D eigenvalue weighted by atomic mass is 10.0. The second-order valence-electron chi connectivity index (χ2n) is 6.71. The van der Waals surface area contributed by atoms with E-state index >= 15 is 0 Å². The molecule has 3 aromatic rings. The molecule has 2 nitrogen and oxygen atoms in total. The van der Waals surface area contributed by atoms with Crippen molar-refractivity contribution in [1.29, 1.82) is 0 Å². The first kappa shape index (κ1) is 23.1. The highest BCUT2D eigenvalue weighted by atomic mass is 35.5. The van der Waals surface area contributed by atoms with Crippen molar-refractivity contribution in [2.24, 2.45) is 0 Å². The summed E-state index contributed by atoms with van der Waals surface area (Å²) in [6.45, 7) is 5.54. The number of nitrogens with one attached hydrogen (secondary N) is 2. The summed E-state index contributed by atoms with van der Waals surface area (Å²) >= 11 is 3.50. The SMILES string of the molecule is Fc1ccc([NH+]2CC[NH+](CC=C(c3ccsc3)c3ccsc3)CC2)cc1.[Cl-].[Cl-]. The number of quaternary nitrogens is 2. The van der Waals surface area contributed by atoms with Gasteiger partial charge in [0.15, 0.2) is 0 Å². The summed E-state index contributed by atoms with van der Waals surface area (Å²) in [7, 11) is 0. The highest BCUT2D eigenvalue weighted by Crippen LogP contribution is 2.26. The lowest BCUT2D eigenvalue weighted by molar-refractivity contribution is -0.983. The molecule has 0 spiro atoms. The monoisotopic (exact) mass is 456 g/mol. The van der Waals surface area contributed by atoms with E-state index in [1.54, 1.807) is 39.7 Å². The van der Waals surface area contributed by atoms with E-state index in [9.17, 15) is 4.39 Å². The first-order valence-electron chi connectivity index (χ1n) is 8.99. The Morgan fingerprint density at radius 1 is 0.857 bits per heavy atom. The molecule has 0 saturated carbocycles. The van der Waals surface area contributed by atoms with Crippen LogP contribution in [0.25, 0.3) is 5.57 Å². The Morgan fingerprint density at radius 3 is 1.93 bits per heavy atom. The summed E-state index contributed by atoms with van der Waals surface area (Å²) in [4.78, 5) is 3.09. The summed E-state index contributed by atoms with van der Waals surface area (Å²) < 4.78 is 13.1. The van der Waals surface area contributed by atoms with Gasteiger partial charge in [-0.25, -0.2) is 4.39 Å². The van der Waals surface area contributed by atoms with Crippen molar-refractivity contribution in [3.8, 4) is 0 Å². The van der Waals surface area contributed by atoms with Crippen LogP contribution in [-0.2, 0) is 0 Å². The molecule has 1 aliphatic heterocycles. The topological polar surface area (TPSA) is 8.88 Å². The third kappa shape index (κ3) is 5.66. The van der Waals surface area contributed by atoms with Gasteiger partial charge in [0.25, 0.3) is 0 Å². The number of benzene rings is 1. The Hall–Kier alpha value is -1.21. The van der Waals surface area contributed by atoms with Crippen molar-refractivity contribution in [3.63, 3.8) is 0 Å². The molecule has 2 N–H and O–H groups in total. The van der Waals surface area contributed by atoms with Gasteiger partial charge < -0.3 is 29.7 Å². The van der Waals surface area contributed by atoms with E-state index in [1.807, 2.05) is 12.1 Å². The Kier molecular flexibility index (Phi) is 9.15. The minimum absolute atomic E-state index is 0. The Balaban J connectivity index is 0.00000140. The maximum Gasteiger partial charge on any atom is 0.132 e. The average Bonchev–Trinajstić information content (AvgIpc) is 3.38. The lowest BCUT2D eigenvalue weighted by Gasteiger charge is -2.29. The lowest BCUT2D eigenvalue weighted by Crippen LogP contribution is -3.26. The fourth-order valence-electron chi connectivity index (χ4n) is 3.57. The molecule has 3 heterocycles. The smallest absolute Gasteiger partial charge is 0.132 e. The zero-order chi connectivity index (χ0) is 17.8. The van der Waals surface area contributed by atoms with Gasteiger partial charge in [-0.1, -0.05) is 0 Å². The average molecular weight is 457 g/mol. The maximum absolute atomic E-state index is 13.1. The van der Waals surface area contributed by atoms with Crippen molar-refractivity contribution in [1.82, 2.24) is 0 Å². The maximum atomic E-state index is 13.1. The van der Waals surface area contributed by atoms with Crippen molar-refractivity contribution < 1.29 is 39.0 Å². The summed E-state index contributed by atoms with van der Waals surface area (Å²) in [6, 6.07) is 11.4. The summed E-state index contributed by atoms with van der Waals surface area (Å²) in [5.74, 6) is -0.156. The van der Waals surface area contributed by atoms with Crippen LogP contribution in [0.4, 0.5) is 10.1 Å². The van der Waals surface area contributed by atoms with Gasteiger partial charge in [-0.15, -0.1) is 0 Å². The molecule has 1 aromatic carbocycles. The van der Waals surface area contributed by atoms with Crippen LogP contribution in [0.15, 0.2) is 64.0 Å². The molecular weight excluding hydrogens is 434 g/mol. The molecule has 150 valence electrons. The molecule has 0 aliphatic carbocycles. The summed E-state index contributed by atoms with van der Waals surface area (Å²) in [6.07, 6.45) is 2.41. The molecule has 0 unspecified atom stereocenters. The molecule has 0 radical (unpaired) electrons. The molecule has 7 heteroatoms. The number of rotatable bonds is 5. The van der Waals surface area contributed by atoms with E-state index in [-0.39, 0.29) is 30.6 Å². The van der Waals surface area contributed by atoms with E-state index < -0.39 is 0 Å². The van der Waals surface area contributed by atoms with E-state index in [4.69, 9.17) is 0 Å². The van der Waals surface area contributed by atoms with E-state index in [0.29, 0.717) is 0 Å². The van der Waals surface area contributed by atoms with Gasteiger partial charge in [0.2, 0.25) is 0 Å². The fourth-order valence-corrected chi connectivity index (χ4v) is 4.88. The molecule has 1 fully saturated rings. The zero-order valence-corrected chi connectivity index (χ0v) is 18.5. The standard InChI is InChI=1S/C21H21FN2S2.2ClH/c22-19-1-3-20(4-2-19)24-11-9-23(10-12-24)8-5-21(17-6-13-25-15-17)18-7-14-26-16-18;;/h1-7,13-16H,8-12H2;2*1H. The molecule has 2 aromatic heterocycles. The molecule has 4 rings (SSSR count). The Bertz CT molecular complexity index is 805. The molecular formula is C21H23Cl2FN2S2. The molecule has 0 bridgehead atoms. The van der Waals surface area contributed by atoms with Crippen LogP contribution < -0.4 is 34.6 Å². The molecule has 1 saturated heterocycles. The minimum Gasteiger partial charge on any atom is -1.00 e. The predicted molar refractivity (Wildman–Crippen MR) is 108 cm³/mol. The largest absolute Gasteiger partial charge is 1.00 e. The van der Waals surface area contributed by atoms with Gasteiger partial charge in [-0.2, -0.15) is 22.7 Å². The quantitative estimate of drug-likeness (QED) is 0.394. The number of hydrogen-bond acceptors (Lipinski definition) is 2. The Labute approximate surface area is 186 Å². The summed E-state index contributed by atoms with van der Waals surface area (Å²) in [5.41, 5.74) is 5.21. The highest BCUT2D eigenvalue weighted by Gasteiger charge is 2.24. The van der Waals surface area contributed by atoms with Gasteiger partial charge in [0, 0.05) is 12.1 Å². The second-order valence-corrected chi connectivity index (χ2v) is 8.27. The van der Waals surface area contributed by atoms with Crippen LogP contribution in [0.5, 0.6) is 0 Å². The van der Waals surface area contributed by atoms with Crippen LogP contribution in [0, 0.1) is 5.82 Å². The molecule has 1 aliphatic rings. The van der Waals surface area contributed by atoms with Gasteiger partial charge in [-0.3, -0.25) is 4.90 Å².